The van der Waals surface area contributed by atoms with Gasteiger partial charge in [0.05, 0.1) is 0 Å². The lowest BCUT2D eigenvalue weighted by molar-refractivity contribution is 0.956. The highest BCUT2D eigenvalue weighted by Gasteiger charge is 2.04. The maximum absolute atomic E-state index is 5.92. The van der Waals surface area contributed by atoms with Crippen LogP contribution in [0, 0.1) is 12.8 Å². The molecule has 1 radical (unpaired) electrons. The predicted molar refractivity (Wildman–Crippen MR) is 54.5 cm³/mol. The van der Waals surface area contributed by atoms with Crippen molar-refractivity contribution < 1.29 is 0 Å². The summed E-state index contributed by atoms with van der Waals surface area (Å²) in [7, 11) is 0. The summed E-state index contributed by atoms with van der Waals surface area (Å²) in [6, 6.07) is 6.18. The van der Waals surface area contributed by atoms with Gasteiger partial charge in [0, 0.05) is 10.9 Å². The monoisotopic (exact) mass is 181 g/mol. The van der Waals surface area contributed by atoms with Crippen molar-refractivity contribution >= 4 is 11.6 Å². The summed E-state index contributed by atoms with van der Waals surface area (Å²) in [5.41, 5.74) is 2.46. The van der Waals surface area contributed by atoms with Crippen molar-refractivity contribution in [2.24, 2.45) is 0 Å². The Labute approximate surface area is 79.6 Å². The van der Waals surface area contributed by atoms with Crippen molar-refractivity contribution in [2.75, 3.05) is 0 Å². The summed E-state index contributed by atoms with van der Waals surface area (Å²) in [6.45, 7) is 6.36. The smallest absolute Gasteiger partial charge is 0.0435 e. The quantitative estimate of drug-likeness (QED) is 0.647. The van der Waals surface area contributed by atoms with Gasteiger partial charge in [0.25, 0.3) is 0 Å². The Morgan fingerprint density at radius 1 is 1.42 bits per heavy atom. The van der Waals surface area contributed by atoms with Crippen molar-refractivity contribution in [3.8, 4) is 0 Å². The van der Waals surface area contributed by atoms with Gasteiger partial charge in [-0.15, -0.1) is 0 Å². The van der Waals surface area contributed by atoms with Crippen LogP contribution in [0.2, 0.25) is 5.02 Å². The van der Waals surface area contributed by atoms with E-state index in [0.717, 1.165) is 17.0 Å². The molecule has 65 valence electrons. The Balaban J connectivity index is 2.96. The predicted octanol–water partition coefficient (Wildman–Crippen LogP) is 4.00. The van der Waals surface area contributed by atoms with Crippen LogP contribution in [0.5, 0.6) is 0 Å². The third-order valence-corrected chi connectivity index (χ3v) is 2.61. The first-order valence-corrected chi connectivity index (χ1v) is 4.62. The van der Waals surface area contributed by atoms with Crippen LogP contribution in [0.25, 0.3) is 0 Å². The molecule has 0 aliphatic rings. The Morgan fingerprint density at radius 2 is 2.08 bits per heavy atom. The number of aryl methyl sites for hydroxylation is 1. The zero-order valence-electron chi connectivity index (χ0n) is 7.82. The minimum absolute atomic E-state index is 0.850. The summed E-state index contributed by atoms with van der Waals surface area (Å²) in [6.07, 6.45) is 1.10. The molecule has 0 aliphatic carbocycles. The maximum atomic E-state index is 5.92. The van der Waals surface area contributed by atoms with E-state index in [9.17, 15) is 0 Å². The SMILES string of the molecule is CC[C](C)c1ccc(Cl)c(C)c1. The molecule has 0 aliphatic heterocycles. The highest BCUT2D eigenvalue weighted by Crippen LogP contribution is 2.22. The van der Waals surface area contributed by atoms with Gasteiger partial charge in [0.2, 0.25) is 0 Å². The molecule has 1 rings (SSSR count). The van der Waals surface area contributed by atoms with E-state index in [4.69, 9.17) is 11.6 Å². The Hall–Kier alpha value is -0.490. The van der Waals surface area contributed by atoms with Crippen LogP contribution in [0.15, 0.2) is 18.2 Å². The Kier molecular flexibility index (Phi) is 3.16. The first kappa shape index (κ1) is 9.60. The fourth-order valence-corrected chi connectivity index (χ4v) is 1.23. The molecule has 1 aromatic rings. The molecule has 0 spiro atoms. The zero-order chi connectivity index (χ0) is 9.14. The number of rotatable bonds is 2. The molecule has 12 heavy (non-hydrogen) atoms. The van der Waals surface area contributed by atoms with Crippen LogP contribution in [0.4, 0.5) is 0 Å². The second-order valence-corrected chi connectivity index (χ2v) is 3.51. The van der Waals surface area contributed by atoms with Gasteiger partial charge in [0.15, 0.2) is 0 Å². The summed E-state index contributed by atoms with van der Waals surface area (Å²) in [4.78, 5) is 0. The lowest BCUT2D eigenvalue weighted by Crippen LogP contribution is -1.92. The molecule has 1 heteroatoms. The molecule has 0 amide bonds. The van der Waals surface area contributed by atoms with Gasteiger partial charge in [-0.2, -0.15) is 0 Å². The van der Waals surface area contributed by atoms with E-state index in [0.29, 0.717) is 0 Å². The molecule has 0 fully saturated rings. The van der Waals surface area contributed by atoms with Crippen molar-refractivity contribution in [1.82, 2.24) is 0 Å². The molecule has 1 aromatic carbocycles. The zero-order valence-corrected chi connectivity index (χ0v) is 8.57. The maximum Gasteiger partial charge on any atom is 0.0435 e. The van der Waals surface area contributed by atoms with Crippen molar-refractivity contribution in [2.45, 2.75) is 27.2 Å². The van der Waals surface area contributed by atoms with Crippen LogP contribution in [-0.4, -0.2) is 0 Å². The summed E-state index contributed by atoms with van der Waals surface area (Å²) < 4.78 is 0. The third kappa shape index (κ3) is 2.01. The van der Waals surface area contributed by atoms with Crippen LogP contribution in [-0.2, 0) is 0 Å². The average molecular weight is 182 g/mol. The number of hydrogen-bond acceptors (Lipinski definition) is 0. The van der Waals surface area contributed by atoms with Gasteiger partial charge in [-0.1, -0.05) is 37.6 Å². The average Bonchev–Trinajstić information content (AvgIpc) is 2.08. The topological polar surface area (TPSA) is 0 Å². The van der Waals surface area contributed by atoms with E-state index in [1.165, 1.54) is 11.5 Å². The number of benzene rings is 1. The first-order valence-electron chi connectivity index (χ1n) is 4.24. The highest BCUT2D eigenvalue weighted by molar-refractivity contribution is 6.31. The lowest BCUT2D eigenvalue weighted by Gasteiger charge is -2.09. The molecular formula is C11H14Cl. The lowest BCUT2D eigenvalue weighted by atomic mass is 9.97. The van der Waals surface area contributed by atoms with Crippen LogP contribution in [0.3, 0.4) is 0 Å². The second-order valence-electron chi connectivity index (χ2n) is 3.10. The molecule has 0 nitrogen and oxygen atoms in total. The Morgan fingerprint density at radius 3 is 2.58 bits per heavy atom. The largest absolute Gasteiger partial charge is 0.0841 e. The van der Waals surface area contributed by atoms with Crippen molar-refractivity contribution in [3.63, 3.8) is 0 Å². The minimum Gasteiger partial charge on any atom is -0.0841 e. The number of hydrogen-bond donors (Lipinski definition) is 0. The number of halogens is 1. The van der Waals surface area contributed by atoms with E-state index in [1.54, 1.807) is 0 Å². The normalized spacial score (nSPS) is 10.8. The summed E-state index contributed by atoms with van der Waals surface area (Å²) >= 11 is 5.92. The van der Waals surface area contributed by atoms with Gasteiger partial charge in [-0.25, -0.2) is 0 Å². The molecule has 0 bridgehead atoms. The summed E-state index contributed by atoms with van der Waals surface area (Å²) in [5.74, 6) is 1.41. The van der Waals surface area contributed by atoms with Gasteiger partial charge >= 0.3 is 0 Å². The van der Waals surface area contributed by atoms with Crippen LogP contribution >= 0.6 is 11.6 Å². The fraction of sp³-hybridized carbons (Fsp3) is 0.364. The second kappa shape index (κ2) is 3.95. The fourth-order valence-electron chi connectivity index (χ4n) is 1.11. The van der Waals surface area contributed by atoms with E-state index < -0.39 is 0 Å². The molecule has 0 atom stereocenters. The van der Waals surface area contributed by atoms with Crippen molar-refractivity contribution in [3.05, 3.63) is 40.3 Å². The molecule has 0 saturated carbocycles. The van der Waals surface area contributed by atoms with E-state index >= 15 is 0 Å². The van der Waals surface area contributed by atoms with Crippen molar-refractivity contribution in [1.29, 1.82) is 0 Å². The highest BCUT2D eigenvalue weighted by atomic mass is 35.5. The minimum atomic E-state index is 0.850. The summed E-state index contributed by atoms with van der Waals surface area (Å²) in [5, 5.41) is 0.850. The first-order chi connectivity index (χ1) is 5.65. The van der Waals surface area contributed by atoms with Gasteiger partial charge < -0.3 is 0 Å². The standard InChI is InChI=1S/C11H14Cl/c1-4-8(2)10-5-6-11(12)9(3)7-10/h5-7H,4H2,1-3H3. The molecule has 0 N–H and O–H groups in total. The van der Waals surface area contributed by atoms with Gasteiger partial charge in [0.1, 0.15) is 0 Å². The van der Waals surface area contributed by atoms with Crippen LogP contribution in [0.1, 0.15) is 31.4 Å². The van der Waals surface area contributed by atoms with Crippen LogP contribution < -0.4 is 0 Å². The van der Waals surface area contributed by atoms with Gasteiger partial charge in [-0.3, -0.25) is 0 Å². The molecule has 0 heterocycles. The van der Waals surface area contributed by atoms with Gasteiger partial charge in [-0.05, 0) is 30.5 Å². The third-order valence-electron chi connectivity index (χ3n) is 2.18. The molecule has 0 aromatic heterocycles. The molecule has 0 unspecified atom stereocenters. The van der Waals surface area contributed by atoms with E-state index in [2.05, 4.69) is 26.0 Å². The Bertz CT molecular complexity index is 266. The molecular weight excluding hydrogens is 168 g/mol. The van der Waals surface area contributed by atoms with E-state index in [1.807, 2.05) is 13.0 Å². The molecule has 0 saturated heterocycles. The van der Waals surface area contributed by atoms with E-state index in [-0.39, 0.29) is 0 Å².